The molecule has 2 aromatic rings. The predicted octanol–water partition coefficient (Wildman–Crippen LogP) is 2.57. The van der Waals surface area contributed by atoms with Gasteiger partial charge in [-0.25, -0.2) is 0 Å². The van der Waals surface area contributed by atoms with E-state index in [9.17, 15) is 9.90 Å². The summed E-state index contributed by atoms with van der Waals surface area (Å²) in [6, 6.07) is 12.1. The van der Waals surface area contributed by atoms with E-state index in [4.69, 9.17) is 0 Å². The molecular weight excluding hydrogens is 350 g/mol. The Kier molecular flexibility index (Phi) is 6.03. The summed E-state index contributed by atoms with van der Waals surface area (Å²) >= 11 is 0. The standard InChI is InChI=1S/C23H29N3O2/c27-22(16-26-11-9-18-6-1-2-7-20(18)15-26)14-25-23(28)19-8-10-24-21(13-19)12-17-4-3-5-17/h1-2,6-8,10,13,17,22,27H,3-5,9,11-12,14-16H2,(H,25,28)/t22-/m0/s1. The maximum Gasteiger partial charge on any atom is 0.251 e. The number of rotatable bonds is 7. The Bertz CT molecular complexity index is 819. The van der Waals surface area contributed by atoms with E-state index in [1.165, 1.54) is 30.4 Å². The first-order valence-electron chi connectivity index (χ1n) is 10.4. The molecule has 1 aromatic heterocycles. The predicted molar refractivity (Wildman–Crippen MR) is 109 cm³/mol. The van der Waals surface area contributed by atoms with Gasteiger partial charge in [0.15, 0.2) is 0 Å². The molecule has 2 N–H and O–H groups in total. The molecule has 5 nitrogen and oxygen atoms in total. The van der Waals surface area contributed by atoms with E-state index in [1.807, 2.05) is 6.07 Å². The van der Waals surface area contributed by atoms with Gasteiger partial charge < -0.3 is 10.4 Å². The Morgan fingerprint density at radius 3 is 2.86 bits per heavy atom. The number of benzene rings is 1. The molecule has 0 spiro atoms. The molecule has 1 aliphatic carbocycles. The van der Waals surface area contributed by atoms with Gasteiger partial charge in [0, 0.05) is 43.6 Å². The SMILES string of the molecule is O=C(NC[C@H](O)CN1CCc2ccccc2C1)c1ccnc(CC2CCC2)c1. The zero-order valence-corrected chi connectivity index (χ0v) is 16.3. The summed E-state index contributed by atoms with van der Waals surface area (Å²) in [6.45, 7) is 2.63. The fraction of sp³-hybridized carbons (Fsp3) is 0.478. The van der Waals surface area contributed by atoms with Crippen LogP contribution < -0.4 is 5.32 Å². The van der Waals surface area contributed by atoms with Crippen molar-refractivity contribution in [3.05, 3.63) is 65.0 Å². The Morgan fingerprint density at radius 2 is 2.07 bits per heavy atom. The van der Waals surface area contributed by atoms with Crippen LogP contribution in [0.25, 0.3) is 0 Å². The lowest BCUT2D eigenvalue weighted by Gasteiger charge is -2.30. The minimum absolute atomic E-state index is 0.139. The number of nitrogens with one attached hydrogen (secondary N) is 1. The number of nitrogens with zero attached hydrogens (tertiary/aromatic N) is 2. The molecule has 4 rings (SSSR count). The Morgan fingerprint density at radius 1 is 1.25 bits per heavy atom. The number of β-amino-alcohol motifs (C(OH)–C–C–N with tert-alkyl or cyclic N) is 1. The average Bonchev–Trinajstić information content (AvgIpc) is 2.69. The van der Waals surface area contributed by atoms with Crippen LogP contribution in [0.3, 0.4) is 0 Å². The van der Waals surface area contributed by atoms with E-state index in [0.29, 0.717) is 12.1 Å². The van der Waals surface area contributed by atoms with E-state index < -0.39 is 6.10 Å². The van der Waals surface area contributed by atoms with Gasteiger partial charge in [0.05, 0.1) is 6.10 Å². The Hall–Kier alpha value is -2.24. The number of pyridine rings is 1. The van der Waals surface area contributed by atoms with Gasteiger partial charge in [-0.2, -0.15) is 0 Å². The van der Waals surface area contributed by atoms with Crippen molar-refractivity contribution in [2.24, 2.45) is 5.92 Å². The molecule has 0 saturated heterocycles. The molecule has 1 fully saturated rings. The van der Waals surface area contributed by atoms with Gasteiger partial charge in [0.1, 0.15) is 0 Å². The highest BCUT2D eigenvalue weighted by atomic mass is 16.3. The molecule has 2 aliphatic rings. The number of hydrogen-bond acceptors (Lipinski definition) is 4. The van der Waals surface area contributed by atoms with Gasteiger partial charge in [-0.05, 0) is 42.0 Å². The van der Waals surface area contributed by atoms with Gasteiger partial charge in [-0.15, -0.1) is 0 Å². The number of aliphatic hydroxyl groups excluding tert-OH is 1. The summed E-state index contributed by atoms with van der Waals surface area (Å²) in [7, 11) is 0. The molecule has 1 aromatic carbocycles. The number of hydrogen-bond donors (Lipinski definition) is 2. The molecule has 1 atom stereocenters. The first-order valence-corrected chi connectivity index (χ1v) is 10.4. The van der Waals surface area contributed by atoms with Crippen LogP contribution in [0.2, 0.25) is 0 Å². The molecule has 1 saturated carbocycles. The summed E-state index contributed by atoms with van der Waals surface area (Å²) < 4.78 is 0. The zero-order chi connectivity index (χ0) is 19.3. The fourth-order valence-corrected chi connectivity index (χ4v) is 4.11. The lowest BCUT2D eigenvalue weighted by molar-refractivity contribution is 0.0841. The Balaban J connectivity index is 1.25. The van der Waals surface area contributed by atoms with Crippen molar-refractivity contribution in [3.8, 4) is 0 Å². The second kappa shape index (κ2) is 8.84. The van der Waals surface area contributed by atoms with Crippen LogP contribution in [-0.2, 0) is 19.4 Å². The number of fused-ring (bicyclic) bond motifs is 1. The fourth-order valence-electron chi connectivity index (χ4n) is 4.11. The molecule has 28 heavy (non-hydrogen) atoms. The molecular formula is C23H29N3O2. The van der Waals surface area contributed by atoms with Crippen LogP contribution in [0.15, 0.2) is 42.6 Å². The molecule has 0 bridgehead atoms. The van der Waals surface area contributed by atoms with E-state index >= 15 is 0 Å². The first-order chi connectivity index (χ1) is 13.7. The lowest BCUT2D eigenvalue weighted by Crippen LogP contribution is -2.42. The molecule has 1 aliphatic heterocycles. The summed E-state index contributed by atoms with van der Waals surface area (Å²) in [4.78, 5) is 19.1. The number of aliphatic hydroxyl groups is 1. The van der Waals surface area contributed by atoms with Crippen molar-refractivity contribution in [2.75, 3.05) is 19.6 Å². The van der Waals surface area contributed by atoms with Crippen LogP contribution in [0.4, 0.5) is 0 Å². The number of carbonyl (C=O) groups is 1. The number of carbonyl (C=O) groups excluding carboxylic acids is 1. The monoisotopic (exact) mass is 379 g/mol. The van der Waals surface area contributed by atoms with Crippen LogP contribution in [0.5, 0.6) is 0 Å². The first kappa shape index (κ1) is 19.1. The van der Waals surface area contributed by atoms with Crippen molar-refractivity contribution < 1.29 is 9.90 Å². The van der Waals surface area contributed by atoms with E-state index in [0.717, 1.165) is 37.5 Å². The maximum atomic E-state index is 12.5. The maximum absolute atomic E-state index is 12.5. The van der Waals surface area contributed by atoms with E-state index in [2.05, 4.69) is 39.5 Å². The molecule has 148 valence electrons. The van der Waals surface area contributed by atoms with Gasteiger partial charge >= 0.3 is 0 Å². The second-order valence-electron chi connectivity index (χ2n) is 8.15. The van der Waals surface area contributed by atoms with Crippen LogP contribution >= 0.6 is 0 Å². The van der Waals surface area contributed by atoms with Gasteiger partial charge in [0.25, 0.3) is 5.91 Å². The highest BCUT2D eigenvalue weighted by Gasteiger charge is 2.20. The average molecular weight is 380 g/mol. The van der Waals surface area contributed by atoms with Gasteiger partial charge in [-0.3, -0.25) is 14.7 Å². The topological polar surface area (TPSA) is 65.5 Å². The molecule has 0 radical (unpaired) electrons. The third kappa shape index (κ3) is 4.78. The molecule has 1 amide bonds. The quantitative estimate of drug-likeness (QED) is 0.776. The van der Waals surface area contributed by atoms with Crippen molar-refractivity contribution in [2.45, 2.75) is 44.8 Å². The molecule has 5 heteroatoms. The highest BCUT2D eigenvalue weighted by molar-refractivity contribution is 5.94. The Labute approximate surface area is 166 Å². The van der Waals surface area contributed by atoms with Gasteiger partial charge in [0.2, 0.25) is 0 Å². The molecule has 0 unspecified atom stereocenters. The third-order valence-electron chi connectivity index (χ3n) is 5.98. The third-order valence-corrected chi connectivity index (χ3v) is 5.98. The van der Waals surface area contributed by atoms with Gasteiger partial charge in [-0.1, -0.05) is 43.5 Å². The second-order valence-corrected chi connectivity index (χ2v) is 8.15. The number of amides is 1. The minimum Gasteiger partial charge on any atom is -0.390 e. The summed E-state index contributed by atoms with van der Waals surface area (Å²) in [5, 5.41) is 13.3. The lowest BCUT2D eigenvalue weighted by atomic mass is 9.82. The number of aromatic nitrogens is 1. The molecule has 2 heterocycles. The van der Waals surface area contributed by atoms with Crippen molar-refractivity contribution in [1.29, 1.82) is 0 Å². The van der Waals surface area contributed by atoms with E-state index in [1.54, 1.807) is 12.3 Å². The summed E-state index contributed by atoms with van der Waals surface area (Å²) in [6.07, 6.45) is 6.95. The smallest absolute Gasteiger partial charge is 0.251 e. The van der Waals surface area contributed by atoms with Crippen molar-refractivity contribution in [1.82, 2.24) is 15.2 Å². The van der Waals surface area contributed by atoms with Crippen LogP contribution in [0.1, 0.15) is 46.4 Å². The zero-order valence-electron chi connectivity index (χ0n) is 16.3. The van der Waals surface area contributed by atoms with Crippen molar-refractivity contribution in [3.63, 3.8) is 0 Å². The normalized spacial score (nSPS) is 18.2. The van der Waals surface area contributed by atoms with Crippen LogP contribution in [-0.4, -0.2) is 46.6 Å². The summed E-state index contributed by atoms with van der Waals surface area (Å²) in [5.74, 6) is 0.586. The minimum atomic E-state index is -0.578. The summed E-state index contributed by atoms with van der Waals surface area (Å²) in [5.41, 5.74) is 4.35. The largest absolute Gasteiger partial charge is 0.390 e. The van der Waals surface area contributed by atoms with E-state index in [-0.39, 0.29) is 12.5 Å². The van der Waals surface area contributed by atoms with Crippen molar-refractivity contribution >= 4 is 5.91 Å². The van der Waals surface area contributed by atoms with Crippen LogP contribution in [0, 0.1) is 5.92 Å². The highest BCUT2D eigenvalue weighted by Crippen LogP contribution is 2.29.